The van der Waals surface area contributed by atoms with Gasteiger partial charge in [-0.05, 0) is 17.7 Å². The second-order valence-electron chi connectivity index (χ2n) is 3.81. The molecule has 1 atom stereocenters. The van der Waals surface area contributed by atoms with Gasteiger partial charge in [-0.1, -0.05) is 12.6 Å². The summed E-state index contributed by atoms with van der Waals surface area (Å²) in [6, 6.07) is 5.55. The molecule has 2 aliphatic heterocycles. The molecule has 0 aromatic heterocycles. The van der Waals surface area contributed by atoms with Crippen molar-refractivity contribution in [2.75, 3.05) is 6.79 Å². The minimum Gasteiger partial charge on any atom is -0.454 e. The Kier molecular flexibility index (Phi) is 1.89. The molecule has 1 aromatic carbocycles. The Balaban J connectivity index is 1.91. The highest BCUT2D eigenvalue weighted by Crippen LogP contribution is 2.38. The minimum absolute atomic E-state index is 0.241. The maximum absolute atomic E-state index is 11.2. The summed E-state index contributed by atoms with van der Waals surface area (Å²) in [6.07, 6.45) is 0.299. The van der Waals surface area contributed by atoms with Gasteiger partial charge in [-0.3, -0.25) is 0 Å². The number of esters is 1. The molecule has 0 saturated carbocycles. The molecule has 1 aromatic rings. The lowest BCUT2D eigenvalue weighted by molar-refractivity contribution is -0.139. The average molecular weight is 218 g/mol. The van der Waals surface area contributed by atoms with Gasteiger partial charge in [0, 0.05) is 12.0 Å². The fourth-order valence-electron chi connectivity index (χ4n) is 1.86. The summed E-state index contributed by atoms with van der Waals surface area (Å²) in [5.74, 6) is 1.11. The van der Waals surface area contributed by atoms with Crippen molar-refractivity contribution in [3.05, 3.63) is 35.9 Å². The van der Waals surface area contributed by atoms with Gasteiger partial charge in [0.2, 0.25) is 6.79 Å². The van der Waals surface area contributed by atoms with Crippen LogP contribution in [0, 0.1) is 0 Å². The van der Waals surface area contributed by atoms with E-state index < -0.39 is 0 Å². The van der Waals surface area contributed by atoms with Crippen LogP contribution in [0.25, 0.3) is 0 Å². The van der Waals surface area contributed by atoms with Crippen molar-refractivity contribution >= 4 is 5.97 Å². The normalized spacial score (nSPS) is 22.4. The molecule has 2 aliphatic rings. The third-order valence-electron chi connectivity index (χ3n) is 2.74. The SMILES string of the molecule is C=C1CC(c2ccc3c(c2)OCO3)OC1=O. The van der Waals surface area contributed by atoms with Crippen molar-refractivity contribution in [3.8, 4) is 11.5 Å². The van der Waals surface area contributed by atoms with E-state index >= 15 is 0 Å². The zero-order chi connectivity index (χ0) is 11.1. The minimum atomic E-state index is -0.317. The number of hydrogen-bond donors (Lipinski definition) is 0. The predicted octanol–water partition coefficient (Wildman–Crippen LogP) is 1.96. The highest BCUT2D eigenvalue weighted by molar-refractivity contribution is 5.90. The number of ether oxygens (including phenoxy) is 3. The van der Waals surface area contributed by atoms with Gasteiger partial charge in [-0.15, -0.1) is 0 Å². The van der Waals surface area contributed by atoms with Crippen LogP contribution in [0.5, 0.6) is 11.5 Å². The highest BCUT2D eigenvalue weighted by Gasteiger charge is 2.29. The van der Waals surface area contributed by atoms with Crippen LogP contribution in [0.3, 0.4) is 0 Å². The van der Waals surface area contributed by atoms with Crippen molar-refractivity contribution in [3.63, 3.8) is 0 Å². The van der Waals surface area contributed by atoms with E-state index in [1.807, 2.05) is 18.2 Å². The second-order valence-corrected chi connectivity index (χ2v) is 3.81. The molecule has 2 heterocycles. The summed E-state index contributed by atoms with van der Waals surface area (Å²) in [6.45, 7) is 3.90. The van der Waals surface area contributed by atoms with E-state index in [1.54, 1.807) is 0 Å². The van der Waals surface area contributed by atoms with E-state index in [1.165, 1.54) is 0 Å². The van der Waals surface area contributed by atoms with Gasteiger partial charge in [0.25, 0.3) is 0 Å². The van der Waals surface area contributed by atoms with Crippen LogP contribution in [-0.2, 0) is 9.53 Å². The number of rotatable bonds is 1. The Morgan fingerprint density at radius 2 is 2.06 bits per heavy atom. The molecule has 0 spiro atoms. The summed E-state index contributed by atoms with van der Waals surface area (Å²) < 4.78 is 15.7. The van der Waals surface area contributed by atoms with Crippen molar-refractivity contribution in [1.29, 1.82) is 0 Å². The van der Waals surface area contributed by atoms with E-state index in [4.69, 9.17) is 14.2 Å². The number of fused-ring (bicyclic) bond motifs is 1. The van der Waals surface area contributed by atoms with E-state index in [0.29, 0.717) is 17.7 Å². The first-order chi connectivity index (χ1) is 7.74. The lowest BCUT2D eigenvalue weighted by atomic mass is 10.0. The molecule has 0 amide bonds. The fraction of sp³-hybridized carbons (Fsp3) is 0.250. The Hall–Kier alpha value is -1.97. The molecule has 1 saturated heterocycles. The molecule has 3 rings (SSSR count). The van der Waals surface area contributed by atoms with Crippen molar-refractivity contribution in [2.24, 2.45) is 0 Å². The third-order valence-corrected chi connectivity index (χ3v) is 2.74. The predicted molar refractivity (Wildman–Crippen MR) is 55.2 cm³/mol. The molecule has 16 heavy (non-hydrogen) atoms. The molecule has 82 valence electrons. The molecular formula is C12H10O4. The molecular weight excluding hydrogens is 208 g/mol. The summed E-state index contributed by atoms with van der Waals surface area (Å²) in [4.78, 5) is 11.2. The van der Waals surface area contributed by atoms with E-state index in [0.717, 1.165) is 11.3 Å². The van der Waals surface area contributed by atoms with Gasteiger partial charge in [0.05, 0.1) is 0 Å². The molecule has 0 aliphatic carbocycles. The molecule has 0 radical (unpaired) electrons. The molecule has 0 N–H and O–H groups in total. The Morgan fingerprint density at radius 3 is 2.81 bits per heavy atom. The number of carbonyl (C=O) groups excluding carboxylic acids is 1. The zero-order valence-corrected chi connectivity index (χ0v) is 8.56. The first-order valence-corrected chi connectivity index (χ1v) is 5.02. The molecule has 1 fully saturated rings. The Bertz CT molecular complexity index is 462. The van der Waals surface area contributed by atoms with Crippen LogP contribution < -0.4 is 9.47 Å². The standard InChI is InChI=1S/C12H10O4/c1-7-4-10(16-12(7)13)8-2-3-9-11(5-8)15-6-14-9/h2-3,5,10H,1,4,6H2. The molecule has 1 unspecified atom stereocenters. The summed E-state index contributed by atoms with van der Waals surface area (Å²) >= 11 is 0. The average Bonchev–Trinajstić information content (AvgIpc) is 2.85. The van der Waals surface area contributed by atoms with Crippen LogP contribution in [0.4, 0.5) is 0 Å². The second kappa shape index (κ2) is 3.27. The third kappa shape index (κ3) is 1.34. The monoisotopic (exact) mass is 218 g/mol. The van der Waals surface area contributed by atoms with Gasteiger partial charge in [-0.2, -0.15) is 0 Å². The quantitative estimate of drug-likeness (QED) is 0.534. The van der Waals surface area contributed by atoms with E-state index in [9.17, 15) is 4.79 Å². The van der Waals surface area contributed by atoms with Gasteiger partial charge < -0.3 is 14.2 Å². The van der Waals surface area contributed by atoms with Gasteiger partial charge in [0.1, 0.15) is 6.10 Å². The largest absolute Gasteiger partial charge is 0.454 e. The number of hydrogen-bond acceptors (Lipinski definition) is 4. The van der Waals surface area contributed by atoms with Crippen molar-refractivity contribution in [1.82, 2.24) is 0 Å². The number of benzene rings is 1. The summed E-state index contributed by atoms with van der Waals surface area (Å²) in [5, 5.41) is 0. The lowest BCUT2D eigenvalue weighted by Crippen LogP contribution is -1.98. The van der Waals surface area contributed by atoms with E-state index in [-0.39, 0.29) is 18.9 Å². The maximum atomic E-state index is 11.2. The molecule has 4 heteroatoms. The first-order valence-electron chi connectivity index (χ1n) is 5.02. The fourth-order valence-corrected chi connectivity index (χ4v) is 1.86. The summed E-state index contributed by atoms with van der Waals surface area (Å²) in [5.41, 5.74) is 1.43. The summed E-state index contributed by atoms with van der Waals surface area (Å²) in [7, 11) is 0. The number of cyclic esters (lactones) is 1. The van der Waals surface area contributed by atoms with Crippen LogP contribution in [0.2, 0.25) is 0 Å². The molecule has 0 bridgehead atoms. The van der Waals surface area contributed by atoms with Crippen molar-refractivity contribution in [2.45, 2.75) is 12.5 Å². The van der Waals surface area contributed by atoms with Crippen LogP contribution in [-0.4, -0.2) is 12.8 Å². The Morgan fingerprint density at radius 1 is 1.25 bits per heavy atom. The topological polar surface area (TPSA) is 44.8 Å². The highest BCUT2D eigenvalue weighted by atomic mass is 16.7. The Labute approximate surface area is 92.4 Å². The maximum Gasteiger partial charge on any atom is 0.334 e. The smallest absolute Gasteiger partial charge is 0.334 e. The van der Waals surface area contributed by atoms with Crippen LogP contribution >= 0.6 is 0 Å². The van der Waals surface area contributed by atoms with E-state index in [2.05, 4.69) is 6.58 Å². The van der Waals surface area contributed by atoms with Gasteiger partial charge in [0.15, 0.2) is 11.5 Å². The number of carbonyl (C=O) groups is 1. The van der Waals surface area contributed by atoms with Crippen LogP contribution in [0.1, 0.15) is 18.1 Å². The van der Waals surface area contributed by atoms with Gasteiger partial charge in [-0.25, -0.2) is 4.79 Å². The molecule has 4 nitrogen and oxygen atoms in total. The van der Waals surface area contributed by atoms with Crippen LogP contribution in [0.15, 0.2) is 30.4 Å². The first kappa shape index (κ1) is 9.27. The lowest BCUT2D eigenvalue weighted by Gasteiger charge is -2.09. The van der Waals surface area contributed by atoms with Gasteiger partial charge >= 0.3 is 5.97 Å². The van der Waals surface area contributed by atoms with Crippen molar-refractivity contribution < 1.29 is 19.0 Å². The zero-order valence-electron chi connectivity index (χ0n) is 8.56.